The predicted octanol–water partition coefficient (Wildman–Crippen LogP) is 5.99. The summed E-state index contributed by atoms with van der Waals surface area (Å²) in [4.78, 5) is 12.4. The van der Waals surface area contributed by atoms with E-state index in [0.29, 0.717) is 12.2 Å². The van der Waals surface area contributed by atoms with Crippen molar-refractivity contribution in [2.75, 3.05) is 7.11 Å². The Labute approximate surface area is 177 Å². The molecule has 2 aromatic carbocycles. The van der Waals surface area contributed by atoms with Gasteiger partial charge >= 0.3 is 5.63 Å². The lowest BCUT2D eigenvalue weighted by Gasteiger charge is -2.15. The summed E-state index contributed by atoms with van der Waals surface area (Å²) in [5.41, 5.74) is 4.73. The van der Waals surface area contributed by atoms with Gasteiger partial charge in [-0.3, -0.25) is 0 Å². The van der Waals surface area contributed by atoms with Crippen molar-refractivity contribution in [1.29, 1.82) is 0 Å². The van der Waals surface area contributed by atoms with Crippen molar-refractivity contribution in [1.82, 2.24) is 0 Å². The van der Waals surface area contributed by atoms with Gasteiger partial charge in [-0.25, -0.2) is 4.79 Å². The van der Waals surface area contributed by atoms with Crippen LogP contribution in [0, 0.1) is 0 Å². The van der Waals surface area contributed by atoms with Crippen molar-refractivity contribution < 1.29 is 13.9 Å². The molecule has 1 aliphatic carbocycles. The fourth-order valence-corrected chi connectivity index (χ4v) is 4.35. The molecule has 0 fully saturated rings. The monoisotopic (exact) mass is 406 g/mol. The first-order valence-corrected chi connectivity index (χ1v) is 11.1. The van der Waals surface area contributed by atoms with Gasteiger partial charge < -0.3 is 13.9 Å². The second kappa shape index (κ2) is 9.38. The third kappa shape index (κ3) is 4.38. The van der Waals surface area contributed by atoms with E-state index < -0.39 is 0 Å². The molecule has 4 nitrogen and oxygen atoms in total. The van der Waals surface area contributed by atoms with Gasteiger partial charge in [0.2, 0.25) is 0 Å². The first-order chi connectivity index (χ1) is 14.7. The fourth-order valence-electron chi connectivity index (χ4n) is 4.35. The van der Waals surface area contributed by atoms with E-state index in [2.05, 4.69) is 13.0 Å². The molecule has 0 spiro atoms. The van der Waals surface area contributed by atoms with E-state index in [4.69, 9.17) is 13.9 Å². The molecule has 0 radical (unpaired) electrons. The summed E-state index contributed by atoms with van der Waals surface area (Å²) in [6.07, 6.45) is 8.59. The first-order valence-electron chi connectivity index (χ1n) is 11.1. The molecule has 0 aliphatic heterocycles. The topological polar surface area (TPSA) is 48.7 Å². The summed E-state index contributed by atoms with van der Waals surface area (Å²) in [7, 11) is 1.66. The van der Waals surface area contributed by atoms with E-state index in [9.17, 15) is 4.79 Å². The minimum atomic E-state index is -0.190. The van der Waals surface area contributed by atoms with E-state index in [1.807, 2.05) is 30.3 Å². The van der Waals surface area contributed by atoms with Crippen LogP contribution in [-0.2, 0) is 25.9 Å². The highest BCUT2D eigenvalue weighted by molar-refractivity contribution is 5.84. The number of aryl methyl sites for hydroxylation is 2. The van der Waals surface area contributed by atoms with Gasteiger partial charge in [0.25, 0.3) is 0 Å². The molecule has 1 aromatic heterocycles. The molecule has 0 unspecified atom stereocenters. The van der Waals surface area contributed by atoms with Crippen LogP contribution >= 0.6 is 0 Å². The van der Waals surface area contributed by atoms with E-state index in [1.165, 1.54) is 30.4 Å². The van der Waals surface area contributed by atoms with Crippen LogP contribution in [-0.4, -0.2) is 7.11 Å². The number of methoxy groups -OCH3 is 1. The Morgan fingerprint density at radius 1 is 1.03 bits per heavy atom. The number of unbranched alkanes of at least 4 members (excludes halogenated alkanes) is 3. The van der Waals surface area contributed by atoms with E-state index >= 15 is 0 Å². The lowest BCUT2D eigenvalue weighted by atomic mass is 10.00. The molecule has 158 valence electrons. The SMILES string of the molecule is CCCCCCc1cc2c3c(c(=O)oc2cc1OCc1cccc(OC)c1)CCC3. The normalized spacial score (nSPS) is 12.9. The summed E-state index contributed by atoms with van der Waals surface area (Å²) >= 11 is 0. The van der Waals surface area contributed by atoms with Crippen LogP contribution in [0.5, 0.6) is 11.5 Å². The molecule has 30 heavy (non-hydrogen) atoms. The average molecular weight is 407 g/mol. The van der Waals surface area contributed by atoms with Crippen LogP contribution in [0.2, 0.25) is 0 Å². The highest BCUT2D eigenvalue weighted by atomic mass is 16.5. The van der Waals surface area contributed by atoms with Crippen LogP contribution < -0.4 is 15.1 Å². The van der Waals surface area contributed by atoms with E-state index in [1.54, 1.807) is 7.11 Å². The number of hydrogen-bond acceptors (Lipinski definition) is 4. The second-order valence-corrected chi connectivity index (χ2v) is 8.11. The van der Waals surface area contributed by atoms with E-state index in [-0.39, 0.29) is 5.63 Å². The summed E-state index contributed by atoms with van der Waals surface area (Å²) in [6, 6.07) is 12.0. The van der Waals surface area contributed by atoms with Gasteiger partial charge in [-0.2, -0.15) is 0 Å². The Morgan fingerprint density at radius 3 is 2.73 bits per heavy atom. The summed E-state index contributed by atoms with van der Waals surface area (Å²) in [6.45, 7) is 2.67. The Hall–Kier alpha value is -2.75. The highest BCUT2D eigenvalue weighted by Crippen LogP contribution is 2.33. The van der Waals surface area contributed by atoms with Crippen molar-refractivity contribution >= 4 is 11.0 Å². The number of rotatable bonds is 9. The summed E-state index contributed by atoms with van der Waals surface area (Å²) < 4.78 is 17.2. The second-order valence-electron chi connectivity index (χ2n) is 8.11. The standard InChI is InChI=1S/C26H30O4/c1-3-4-5-6-10-19-15-23-21-12-8-13-22(21)26(27)30-25(23)16-24(19)29-17-18-9-7-11-20(14-18)28-2/h7,9,11,14-16H,3-6,8,10,12-13,17H2,1-2H3. The summed E-state index contributed by atoms with van der Waals surface area (Å²) in [5, 5.41) is 1.08. The molecule has 4 heteroatoms. The van der Waals surface area contributed by atoms with Gasteiger partial charge in [0.1, 0.15) is 23.7 Å². The van der Waals surface area contributed by atoms with Gasteiger partial charge in [-0.15, -0.1) is 0 Å². The molecule has 0 amide bonds. The quantitative estimate of drug-likeness (QED) is 0.323. The van der Waals surface area contributed by atoms with Crippen molar-refractivity contribution in [3.05, 3.63) is 69.1 Å². The molecule has 1 aliphatic rings. The Bertz CT molecular complexity index is 1080. The minimum Gasteiger partial charge on any atom is -0.497 e. The predicted molar refractivity (Wildman–Crippen MR) is 120 cm³/mol. The zero-order chi connectivity index (χ0) is 20.9. The van der Waals surface area contributed by atoms with Gasteiger partial charge in [-0.05, 0) is 67.0 Å². The lowest BCUT2D eigenvalue weighted by Crippen LogP contribution is -2.08. The Morgan fingerprint density at radius 2 is 1.90 bits per heavy atom. The van der Waals surface area contributed by atoms with E-state index in [0.717, 1.165) is 60.1 Å². The van der Waals surface area contributed by atoms with Crippen molar-refractivity contribution in [3.63, 3.8) is 0 Å². The van der Waals surface area contributed by atoms with Gasteiger partial charge in [0.05, 0.1) is 7.11 Å². The fraction of sp³-hybridized carbons (Fsp3) is 0.423. The molecule has 1 heterocycles. The van der Waals surface area contributed by atoms with Crippen molar-refractivity contribution in [2.45, 2.75) is 64.9 Å². The highest BCUT2D eigenvalue weighted by Gasteiger charge is 2.21. The third-order valence-corrected chi connectivity index (χ3v) is 5.98. The van der Waals surface area contributed by atoms with Crippen LogP contribution in [0.15, 0.2) is 45.6 Å². The molecule has 3 aromatic rings. The van der Waals surface area contributed by atoms with Crippen LogP contribution in [0.25, 0.3) is 11.0 Å². The zero-order valence-electron chi connectivity index (χ0n) is 18.0. The number of fused-ring (bicyclic) bond motifs is 3. The zero-order valence-corrected chi connectivity index (χ0v) is 18.0. The number of benzene rings is 2. The molecule has 0 saturated carbocycles. The maximum absolute atomic E-state index is 12.4. The molecular weight excluding hydrogens is 376 g/mol. The van der Waals surface area contributed by atoms with Gasteiger partial charge in [-0.1, -0.05) is 38.3 Å². The lowest BCUT2D eigenvalue weighted by molar-refractivity contribution is 0.301. The van der Waals surface area contributed by atoms with Gasteiger partial charge in [0, 0.05) is 17.0 Å². The van der Waals surface area contributed by atoms with Crippen molar-refractivity contribution in [2.24, 2.45) is 0 Å². The van der Waals surface area contributed by atoms with Crippen LogP contribution in [0.1, 0.15) is 61.3 Å². The minimum absolute atomic E-state index is 0.190. The maximum atomic E-state index is 12.4. The smallest absolute Gasteiger partial charge is 0.339 e. The molecule has 0 bridgehead atoms. The number of ether oxygens (including phenoxy) is 2. The molecule has 4 rings (SSSR count). The Balaban J connectivity index is 1.66. The molecular formula is C26H30O4. The number of hydrogen-bond donors (Lipinski definition) is 0. The van der Waals surface area contributed by atoms with Crippen LogP contribution in [0.4, 0.5) is 0 Å². The average Bonchev–Trinajstić information content (AvgIpc) is 3.26. The molecule has 0 saturated heterocycles. The molecule has 0 atom stereocenters. The van der Waals surface area contributed by atoms with Crippen LogP contribution in [0.3, 0.4) is 0 Å². The molecule has 0 N–H and O–H groups in total. The maximum Gasteiger partial charge on any atom is 0.339 e. The first kappa shape index (κ1) is 20.5. The largest absolute Gasteiger partial charge is 0.497 e. The third-order valence-electron chi connectivity index (χ3n) is 5.98. The van der Waals surface area contributed by atoms with Crippen molar-refractivity contribution in [3.8, 4) is 11.5 Å². The Kier molecular flexibility index (Phi) is 6.41. The van der Waals surface area contributed by atoms with Gasteiger partial charge in [0.15, 0.2) is 0 Å². The summed E-state index contributed by atoms with van der Waals surface area (Å²) in [5.74, 6) is 1.62.